The van der Waals surface area contributed by atoms with Gasteiger partial charge in [0.05, 0.1) is 24.3 Å². The zero-order valence-corrected chi connectivity index (χ0v) is 11.1. The minimum Gasteiger partial charge on any atom is -0.469 e. The van der Waals surface area contributed by atoms with Gasteiger partial charge in [-0.25, -0.2) is 4.98 Å². The quantitative estimate of drug-likeness (QED) is 0.656. The molecule has 0 aliphatic carbocycles. The molecule has 0 saturated carbocycles. The van der Waals surface area contributed by atoms with Crippen LogP contribution in [0.3, 0.4) is 0 Å². The van der Waals surface area contributed by atoms with Crippen molar-refractivity contribution in [3.8, 4) is 0 Å². The number of nitrogens with zero attached hydrogens (tertiary/aromatic N) is 2. The predicted molar refractivity (Wildman–Crippen MR) is 73.1 cm³/mol. The van der Waals surface area contributed by atoms with E-state index in [1.165, 1.54) is 13.3 Å². The number of ether oxygens (including phenoxy) is 1. The number of hydrogen-bond donors (Lipinski definition) is 1. The van der Waals surface area contributed by atoms with Gasteiger partial charge in [0.25, 0.3) is 5.91 Å². The first kappa shape index (κ1) is 13.9. The summed E-state index contributed by atoms with van der Waals surface area (Å²) in [5, 5.41) is 2.69. The van der Waals surface area contributed by atoms with Crippen LogP contribution in [0.1, 0.15) is 23.3 Å². The van der Waals surface area contributed by atoms with E-state index in [1.54, 1.807) is 6.07 Å². The third kappa shape index (κ3) is 3.50. The van der Waals surface area contributed by atoms with E-state index in [-0.39, 0.29) is 24.0 Å². The number of para-hydroxylation sites is 2. The lowest BCUT2D eigenvalue weighted by molar-refractivity contribution is -0.140. The van der Waals surface area contributed by atoms with Crippen LogP contribution in [0.2, 0.25) is 0 Å². The van der Waals surface area contributed by atoms with Crippen molar-refractivity contribution in [3.05, 3.63) is 36.2 Å². The van der Waals surface area contributed by atoms with E-state index in [0.29, 0.717) is 18.5 Å². The normalized spacial score (nSPS) is 10.2. The van der Waals surface area contributed by atoms with Gasteiger partial charge in [-0.1, -0.05) is 12.1 Å². The Balaban J connectivity index is 1.92. The van der Waals surface area contributed by atoms with Gasteiger partial charge in [-0.05, 0) is 18.6 Å². The molecule has 6 nitrogen and oxygen atoms in total. The third-order valence-electron chi connectivity index (χ3n) is 2.75. The second-order valence-corrected chi connectivity index (χ2v) is 4.18. The smallest absolute Gasteiger partial charge is 0.305 e. The number of esters is 1. The molecule has 20 heavy (non-hydrogen) atoms. The van der Waals surface area contributed by atoms with Crippen LogP contribution in [0.5, 0.6) is 0 Å². The fourth-order valence-corrected chi connectivity index (χ4v) is 1.69. The maximum Gasteiger partial charge on any atom is 0.305 e. The number of aromatic nitrogens is 2. The Labute approximate surface area is 116 Å². The molecule has 0 saturated heterocycles. The van der Waals surface area contributed by atoms with Crippen molar-refractivity contribution in [2.45, 2.75) is 12.8 Å². The zero-order valence-electron chi connectivity index (χ0n) is 11.1. The summed E-state index contributed by atoms with van der Waals surface area (Å²) in [6, 6.07) is 7.34. The fourth-order valence-electron chi connectivity index (χ4n) is 1.69. The van der Waals surface area contributed by atoms with Crippen LogP contribution in [0, 0.1) is 0 Å². The summed E-state index contributed by atoms with van der Waals surface area (Å²) < 4.78 is 4.52. The number of rotatable bonds is 5. The molecule has 0 aliphatic rings. The van der Waals surface area contributed by atoms with Gasteiger partial charge in [-0.3, -0.25) is 14.6 Å². The number of amides is 1. The van der Waals surface area contributed by atoms with E-state index < -0.39 is 0 Å². The molecule has 1 aromatic heterocycles. The first-order chi connectivity index (χ1) is 9.70. The molecule has 0 radical (unpaired) electrons. The number of carbonyl (C=O) groups is 2. The van der Waals surface area contributed by atoms with Crippen molar-refractivity contribution in [1.29, 1.82) is 0 Å². The van der Waals surface area contributed by atoms with Crippen molar-refractivity contribution in [2.24, 2.45) is 0 Å². The SMILES string of the molecule is COC(=O)CCCNC(=O)c1cnc2ccccc2n1. The van der Waals surface area contributed by atoms with E-state index in [4.69, 9.17) is 0 Å². The number of hydrogen-bond acceptors (Lipinski definition) is 5. The molecule has 6 heteroatoms. The Kier molecular flexibility index (Phi) is 4.60. The van der Waals surface area contributed by atoms with Gasteiger partial charge < -0.3 is 10.1 Å². The largest absolute Gasteiger partial charge is 0.469 e. The molecule has 1 N–H and O–H groups in total. The molecule has 1 heterocycles. The second-order valence-electron chi connectivity index (χ2n) is 4.18. The van der Waals surface area contributed by atoms with Gasteiger partial charge in [0.1, 0.15) is 5.69 Å². The van der Waals surface area contributed by atoms with Gasteiger partial charge >= 0.3 is 5.97 Å². The molecule has 0 unspecified atom stereocenters. The third-order valence-corrected chi connectivity index (χ3v) is 2.75. The zero-order chi connectivity index (χ0) is 14.4. The summed E-state index contributed by atoms with van der Waals surface area (Å²) in [5.41, 5.74) is 1.69. The van der Waals surface area contributed by atoms with Crippen LogP contribution in [0.15, 0.2) is 30.5 Å². The van der Waals surface area contributed by atoms with Crippen LogP contribution >= 0.6 is 0 Å². The Morgan fingerprint density at radius 2 is 2.00 bits per heavy atom. The summed E-state index contributed by atoms with van der Waals surface area (Å²) in [5.74, 6) is -0.585. The van der Waals surface area contributed by atoms with Crippen LogP contribution in [-0.4, -0.2) is 35.5 Å². The average molecular weight is 273 g/mol. The van der Waals surface area contributed by atoms with Gasteiger partial charge in [0, 0.05) is 13.0 Å². The topological polar surface area (TPSA) is 81.2 Å². The van der Waals surface area contributed by atoms with E-state index in [9.17, 15) is 9.59 Å². The molecule has 1 amide bonds. The molecule has 0 aliphatic heterocycles. The molecule has 2 rings (SSSR count). The van der Waals surface area contributed by atoms with E-state index >= 15 is 0 Å². The lowest BCUT2D eigenvalue weighted by Crippen LogP contribution is -2.26. The van der Waals surface area contributed by atoms with Gasteiger partial charge in [-0.2, -0.15) is 0 Å². The molecule has 0 bridgehead atoms. The molecule has 2 aromatic rings. The highest BCUT2D eigenvalue weighted by molar-refractivity contribution is 5.93. The van der Waals surface area contributed by atoms with Crippen LogP contribution in [0.4, 0.5) is 0 Å². The standard InChI is InChI=1S/C14H15N3O3/c1-20-13(18)7-4-8-15-14(19)12-9-16-10-5-2-3-6-11(10)17-12/h2-3,5-6,9H,4,7-8H2,1H3,(H,15,19). The maximum atomic E-state index is 11.9. The number of fused-ring (bicyclic) bond motifs is 1. The summed E-state index contributed by atoms with van der Waals surface area (Å²) in [7, 11) is 1.34. The molecule has 104 valence electrons. The van der Waals surface area contributed by atoms with Crippen LogP contribution < -0.4 is 5.32 Å². The summed E-state index contributed by atoms with van der Waals surface area (Å²) in [6.45, 7) is 0.391. The van der Waals surface area contributed by atoms with Crippen molar-refractivity contribution in [2.75, 3.05) is 13.7 Å². The predicted octanol–water partition coefficient (Wildman–Crippen LogP) is 1.31. The molecule has 0 atom stereocenters. The summed E-state index contributed by atoms with van der Waals surface area (Å²) >= 11 is 0. The second kappa shape index (κ2) is 6.60. The van der Waals surface area contributed by atoms with E-state index in [1.807, 2.05) is 18.2 Å². The summed E-state index contributed by atoms with van der Waals surface area (Å²) in [6.07, 6.45) is 2.25. The number of benzene rings is 1. The van der Waals surface area contributed by atoms with Crippen molar-refractivity contribution in [1.82, 2.24) is 15.3 Å². The van der Waals surface area contributed by atoms with Crippen molar-refractivity contribution < 1.29 is 14.3 Å². The van der Waals surface area contributed by atoms with Gasteiger partial charge in [0.15, 0.2) is 0 Å². The van der Waals surface area contributed by atoms with E-state index in [2.05, 4.69) is 20.0 Å². The molecule has 0 spiro atoms. The minimum absolute atomic E-state index is 0.266. The Bertz CT molecular complexity index is 628. The average Bonchev–Trinajstić information content (AvgIpc) is 2.50. The number of methoxy groups -OCH3 is 1. The lowest BCUT2D eigenvalue weighted by atomic mass is 10.3. The lowest BCUT2D eigenvalue weighted by Gasteiger charge is -2.04. The monoisotopic (exact) mass is 273 g/mol. The molecule has 0 fully saturated rings. The highest BCUT2D eigenvalue weighted by Gasteiger charge is 2.08. The minimum atomic E-state index is -0.298. The Morgan fingerprint density at radius 1 is 1.25 bits per heavy atom. The van der Waals surface area contributed by atoms with Crippen molar-refractivity contribution in [3.63, 3.8) is 0 Å². The highest BCUT2D eigenvalue weighted by Crippen LogP contribution is 2.08. The summed E-state index contributed by atoms with van der Waals surface area (Å²) in [4.78, 5) is 31.2. The molecular weight excluding hydrogens is 258 g/mol. The number of nitrogens with one attached hydrogen (secondary N) is 1. The Hall–Kier alpha value is -2.50. The fraction of sp³-hybridized carbons (Fsp3) is 0.286. The first-order valence-electron chi connectivity index (χ1n) is 6.27. The van der Waals surface area contributed by atoms with Gasteiger partial charge in [-0.15, -0.1) is 0 Å². The van der Waals surface area contributed by atoms with E-state index in [0.717, 1.165) is 5.52 Å². The number of carbonyl (C=O) groups excluding carboxylic acids is 2. The Morgan fingerprint density at radius 3 is 2.75 bits per heavy atom. The van der Waals surface area contributed by atoms with Crippen LogP contribution in [0.25, 0.3) is 11.0 Å². The maximum absolute atomic E-state index is 11.9. The molecular formula is C14H15N3O3. The van der Waals surface area contributed by atoms with Gasteiger partial charge in [0.2, 0.25) is 0 Å². The first-order valence-corrected chi connectivity index (χ1v) is 6.27. The molecule has 1 aromatic carbocycles. The highest BCUT2D eigenvalue weighted by atomic mass is 16.5. The van der Waals surface area contributed by atoms with Crippen LogP contribution in [-0.2, 0) is 9.53 Å². The van der Waals surface area contributed by atoms with Crippen molar-refractivity contribution >= 4 is 22.9 Å².